The van der Waals surface area contributed by atoms with Crippen molar-refractivity contribution in [1.29, 1.82) is 0 Å². The van der Waals surface area contributed by atoms with Gasteiger partial charge in [0.25, 0.3) is 0 Å². The molecule has 0 saturated carbocycles. The van der Waals surface area contributed by atoms with Crippen molar-refractivity contribution in [2.45, 2.75) is 18.5 Å². The average molecular weight is 168 g/mol. The van der Waals surface area contributed by atoms with E-state index in [1.54, 1.807) is 0 Å². The Kier molecular flexibility index (Phi) is 2.70. The van der Waals surface area contributed by atoms with E-state index in [9.17, 15) is 9.59 Å². The third kappa shape index (κ3) is 1.98. The van der Waals surface area contributed by atoms with Crippen LogP contribution < -0.4 is 10.6 Å². The van der Waals surface area contributed by atoms with Crippen molar-refractivity contribution < 1.29 is 14.7 Å². The van der Waals surface area contributed by atoms with Crippen LogP contribution in [0.5, 0.6) is 0 Å². The molecule has 0 aromatic rings. The first kappa shape index (κ1) is 9.06. The molecule has 64 valence electrons. The van der Waals surface area contributed by atoms with Gasteiger partial charge in [-0.3, -0.25) is 9.59 Å². The fraction of sp³-hybridized carbons (Fsp3) is 0.667. The maximum atomic E-state index is 11.0. The Bertz CT molecular complexity index is 209. The van der Waals surface area contributed by atoms with Crippen molar-refractivity contribution in [2.24, 2.45) is 0 Å². The van der Waals surface area contributed by atoms with E-state index in [-0.39, 0.29) is 18.6 Å². The summed E-state index contributed by atoms with van der Waals surface area (Å²) in [6, 6.07) is -0.867. The van der Waals surface area contributed by atoms with E-state index in [2.05, 4.69) is 10.6 Å². The summed E-state index contributed by atoms with van der Waals surface area (Å²) in [6.45, 7) is -0.122. The van der Waals surface area contributed by atoms with E-state index in [0.717, 1.165) is 0 Å². The minimum absolute atomic E-state index is 0.122. The van der Waals surface area contributed by atoms with Crippen molar-refractivity contribution in [3.05, 3.63) is 0 Å². The van der Waals surface area contributed by atoms with E-state index >= 15 is 0 Å². The molecule has 1 aliphatic rings. The van der Waals surface area contributed by atoms with Crippen LogP contribution in [0.4, 0.5) is 4.79 Å². The first-order valence-corrected chi connectivity index (χ1v) is 3.60. The summed E-state index contributed by atoms with van der Waals surface area (Å²) in [5, 5.41) is 13.4. The highest BCUT2D eigenvalue weighted by molar-refractivity contribution is 6.57. The summed E-state index contributed by atoms with van der Waals surface area (Å²) >= 11 is 0. The molecule has 1 saturated heterocycles. The molecule has 5 nitrogen and oxygen atoms in total. The molecule has 0 unspecified atom stereocenters. The smallest absolute Gasteiger partial charge is 0.242 e. The molecule has 2 atom stereocenters. The van der Waals surface area contributed by atoms with Gasteiger partial charge in [-0.05, 0) is 6.42 Å². The van der Waals surface area contributed by atoms with E-state index in [4.69, 9.17) is 13.0 Å². The first-order chi connectivity index (χ1) is 5.63. The van der Waals surface area contributed by atoms with Crippen LogP contribution in [-0.4, -0.2) is 43.4 Å². The van der Waals surface area contributed by atoms with Gasteiger partial charge < -0.3 is 15.7 Å². The molecule has 1 rings (SSSR count). The van der Waals surface area contributed by atoms with Gasteiger partial charge in [0.05, 0.1) is 12.6 Å². The largest absolute Gasteiger partial charge is 0.394 e. The van der Waals surface area contributed by atoms with E-state index in [1.807, 2.05) is 0 Å². The first-order valence-electron chi connectivity index (χ1n) is 3.60. The average Bonchev–Trinajstić information content (AvgIpc) is 2.31. The SMILES string of the molecule is [B]C(=O)N[C@H]1C[C@@H](CO)NC1=O. The zero-order chi connectivity index (χ0) is 9.14. The summed E-state index contributed by atoms with van der Waals surface area (Å²) in [6.07, 6.45) is 0.387. The summed E-state index contributed by atoms with van der Waals surface area (Å²) in [5.74, 6) is -1.03. The second-order valence-electron chi connectivity index (χ2n) is 2.68. The quantitative estimate of drug-likeness (QED) is 0.422. The van der Waals surface area contributed by atoms with Gasteiger partial charge in [0.1, 0.15) is 6.04 Å². The molecule has 2 amide bonds. The van der Waals surface area contributed by atoms with Crippen LogP contribution in [-0.2, 0) is 4.79 Å². The monoisotopic (exact) mass is 168 g/mol. The Hall–Kier alpha value is -1.04. The predicted octanol–water partition coefficient (Wildman–Crippen LogP) is -1.89. The van der Waals surface area contributed by atoms with Crippen molar-refractivity contribution in [2.75, 3.05) is 6.61 Å². The molecule has 2 radical (unpaired) electrons. The van der Waals surface area contributed by atoms with Crippen molar-refractivity contribution >= 4 is 19.6 Å². The molecule has 6 heteroatoms. The number of amides is 2. The molecule has 3 N–H and O–H groups in total. The lowest BCUT2D eigenvalue weighted by molar-refractivity contribution is -0.120. The summed E-state index contributed by atoms with van der Waals surface area (Å²) < 4.78 is 0. The Labute approximate surface area is 70.9 Å². The fourth-order valence-corrected chi connectivity index (χ4v) is 1.17. The van der Waals surface area contributed by atoms with Gasteiger partial charge in [0.15, 0.2) is 5.81 Å². The van der Waals surface area contributed by atoms with Crippen LogP contribution in [0.3, 0.4) is 0 Å². The van der Waals surface area contributed by atoms with Crippen LogP contribution in [0, 0.1) is 0 Å². The Morgan fingerprint density at radius 2 is 2.50 bits per heavy atom. The molecule has 0 bridgehead atoms. The lowest BCUT2D eigenvalue weighted by Crippen LogP contribution is -2.39. The second-order valence-corrected chi connectivity index (χ2v) is 2.68. The number of aliphatic hydroxyl groups is 1. The topological polar surface area (TPSA) is 78.4 Å². The molecule has 12 heavy (non-hydrogen) atoms. The minimum atomic E-state index is -0.728. The molecule has 0 aliphatic carbocycles. The third-order valence-electron chi connectivity index (χ3n) is 1.72. The van der Waals surface area contributed by atoms with E-state index < -0.39 is 11.8 Å². The van der Waals surface area contributed by atoms with Gasteiger partial charge in [-0.25, -0.2) is 0 Å². The highest BCUT2D eigenvalue weighted by Crippen LogP contribution is 2.06. The molecule has 0 aromatic carbocycles. The maximum absolute atomic E-state index is 11.0. The van der Waals surface area contributed by atoms with Gasteiger partial charge in [0.2, 0.25) is 13.8 Å². The lowest BCUT2D eigenvalue weighted by atomic mass is 10.1. The van der Waals surface area contributed by atoms with E-state index in [1.165, 1.54) is 0 Å². The molecule has 1 aliphatic heterocycles. The molecule has 1 heterocycles. The second kappa shape index (κ2) is 3.58. The van der Waals surface area contributed by atoms with Crippen molar-refractivity contribution in [3.63, 3.8) is 0 Å². The van der Waals surface area contributed by atoms with Gasteiger partial charge in [0, 0.05) is 0 Å². The normalized spacial score (nSPS) is 28.2. The third-order valence-corrected chi connectivity index (χ3v) is 1.72. The Morgan fingerprint density at radius 1 is 1.83 bits per heavy atom. The Morgan fingerprint density at radius 3 is 2.92 bits per heavy atom. The Balaban J connectivity index is 2.46. The highest BCUT2D eigenvalue weighted by Gasteiger charge is 2.31. The molecule has 0 spiro atoms. The van der Waals surface area contributed by atoms with Crippen LogP contribution in [0.25, 0.3) is 0 Å². The van der Waals surface area contributed by atoms with Crippen LogP contribution in [0.1, 0.15) is 6.42 Å². The van der Waals surface area contributed by atoms with Crippen molar-refractivity contribution in [1.82, 2.24) is 10.6 Å². The summed E-state index contributed by atoms with van der Waals surface area (Å²) in [5.41, 5.74) is 0. The van der Waals surface area contributed by atoms with Crippen molar-refractivity contribution in [3.8, 4) is 0 Å². The number of hydrogen-bond donors (Lipinski definition) is 3. The summed E-state index contributed by atoms with van der Waals surface area (Å²) in [4.78, 5) is 21.4. The van der Waals surface area contributed by atoms with E-state index in [0.29, 0.717) is 6.42 Å². The highest BCUT2D eigenvalue weighted by atomic mass is 16.3. The van der Waals surface area contributed by atoms with Gasteiger partial charge in [-0.1, -0.05) is 0 Å². The zero-order valence-electron chi connectivity index (χ0n) is 6.41. The molecule has 0 aromatic heterocycles. The van der Waals surface area contributed by atoms with Crippen LogP contribution >= 0.6 is 0 Å². The molecular weight excluding hydrogens is 159 g/mol. The van der Waals surface area contributed by atoms with Gasteiger partial charge in [-0.15, -0.1) is 0 Å². The number of nitrogens with one attached hydrogen (secondary N) is 2. The van der Waals surface area contributed by atoms with Gasteiger partial charge in [-0.2, -0.15) is 0 Å². The zero-order valence-corrected chi connectivity index (χ0v) is 6.41. The minimum Gasteiger partial charge on any atom is -0.394 e. The number of carbonyl (C=O) groups is 2. The number of carbonyl (C=O) groups excluding carboxylic acids is 2. The summed E-state index contributed by atoms with van der Waals surface area (Å²) in [7, 11) is 4.83. The molecular formula is C6H9BN2O3. The number of rotatable bonds is 2. The number of aliphatic hydroxyl groups excluding tert-OH is 1. The maximum Gasteiger partial charge on any atom is 0.242 e. The van der Waals surface area contributed by atoms with Gasteiger partial charge >= 0.3 is 0 Å². The van der Waals surface area contributed by atoms with Crippen LogP contribution in [0.2, 0.25) is 0 Å². The molecule has 1 fully saturated rings. The van der Waals surface area contributed by atoms with Crippen LogP contribution in [0.15, 0.2) is 0 Å². The standard InChI is InChI=1S/C6H9BN2O3/c7-6(12)9-4-1-3(2-10)8-5(4)11/h3-4,10H,1-2H2,(H,8,11)(H,9,12)/t3-,4-/m0/s1. The lowest BCUT2D eigenvalue weighted by Gasteiger charge is -2.06. The predicted molar refractivity (Wildman–Crippen MR) is 41.7 cm³/mol. The fourth-order valence-electron chi connectivity index (χ4n) is 1.17. The number of hydrogen-bond acceptors (Lipinski definition) is 3.